The minimum Gasteiger partial charge on any atom is -0.454 e. The highest BCUT2D eigenvalue weighted by Crippen LogP contribution is 2.32. The van der Waals surface area contributed by atoms with Crippen molar-refractivity contribution in [1.82, 2.24) is 5.32 Å². The summed E-state index contributed by atoms with van der Waals surface area (Å²) in [6.07, 6.45) is 0. The molecule has 4 rings (SSSR count). The van der Waals surface area contributed by atoms with Crippen molar-refractivity contribution >= 4 is 11.0 Å². The molecule has 0 fully saturated rings. The Kier molecular flexibility index (Phi) is 3.70. The second kappa shape index (κ2) is 6.02. The molecule has 122 valence electrons. The van der Waals surface area contributed by atoms with Gasteiger partial charge in [-0.3, -0.25) is 0 Å². The van der Waals surface area contributed by atoms with Crippen LogP contribution in [0.15, 0.2) is 51.7 Å². The Bertz CT molecular complexity index is 961. The largest absolute Gasteiger partial charge is 0.454 e. The van der Waals surface area contributed by atoms with E-state index in [4.69, 9.17) is 13.9 Å². The van der Waals surface area contributed by atoms with E-state index >= 15 is 0 Å². The molecule has 0 saturated heterocycles. The van der Waals surface area contributed by atoms with E-state index in [0.717, 1.165) is 33.6 Å². The molecule has 0 bridgehead atoms. The minimum atomic E-state index is -0.326. The van der Waals surface area contributed by atoms with Crippen molar-refractivity contribution in [2.24, 2.45) is 0 Å². The van der Waals surface area contributed by atoms with Gasteiger partial charge in [0.25, 0.3) is 0 Å². The molecule has 5 heteroatoms. The molecule has 0 radical (unpaired) electrons. The molecule has 1 aliphatic heterocycles. The average Bonchev–Trinajstić information content (AvgIpc) is 3.02. The number of benzene rings is 2. The van der Waals surface area contributed by atoms with Gasteiger partial charge in [-0.1, -0.05) is 18.2 Å². The second-order valence-electron chi connectivity index (χ2n) is 5.88. The van der Waals surface area contributed by atoms with Gasteiger partial charge in [0.2, 0.25) is 6.79 Å². The Labute approximate surface area is 138 Å². The molecular weight excluding hydrogens is 306 g/mol. The lowest BCUT2D eigenvalue weighted by Crippen LogP contribution is -2.14. The van der Waals surface area contributed by atoms with Gasteiger partial charge < -0.3 is 19.2 Å². The van der Waals surface area contributed by atoms with E-state index < -0.39 is 0 Å². The van der Waals surface area contributed by atoms with E-state index in [2.05, 4.69) is 5.32 Å². The maximum Gasteiger partial charge on any atom is 0.336 e. The summed E-state index contributed by atoms with van der Waals surface area (Å²) in [5.74, 6) is 1.55. The van der Waals surface area contributed by atoms with E-state index in [1.807, 2.05) is 43.3 Å². The van der Waals surface area contributed by atoms with Crippen LogP contribution >= 0.6 is 0 Å². The number of nitrogens with one attached hydrogen (secondary N) is 1. The van der Waals surface area contributed by atoms with Crippen LogP contribution in [0, 0.1) is 6.92 Å². The van der Waals surface area contributed by atoms with Gasteiger partial charge in [0.05, 0.1) is 0 Å². The third-order valence-corrected chi connectivity index (χ3v) is 4.07. The summed E-state index contributed by atoms with van der Waals surface area (Å²) in [4.78, 5) is 11.8. The average molecular weight is 323 g/mol. The Morgan fingerprint density at radius 1 is 1.00 bits per heavy atom. The first-order chi connectivity index (χ1) is 11.7. The molecule has 2 aromatic carbocycles. The van der Waals surface area contributed by atoms with Crippen LogP contribution in [0.2, 0.25) is 0 Å². The fourth-order valence-corrected chi connectivity index (χ4v) is 2.88. The van der Waals surface area contributed by atoms with E-state index in [-0.39, 0.29) is 12.4 Å². The highest BCUT2D eigenvalue weighted by atomic mass is 16.7. The first-order valence-corrected chi connectivity index (χ1v) is 7.82. The molecule has 1 N–H and O–H groups in total. The van der Waals surface area contributed by atoms with Gasteiger partial charge in [-0.2, -0.15) is 0 Å². The third kappa shape index (κ3) is 2.86. The molecule has 2 heterocycles. The van der Waals surface area contributed by atoms with Gasteiger partial charge in [-0.25, -0.2) is 4.79 Å². The fourth-order valence-electron chi connectivity index (χ4n) is 2.88. The molecule has 1 aromatic heterocycles. The van der Waals surface area contributed by atoms with E-state index in [1.165, 1.54) is 0 Å². The number of rotatable bonds is 4. The maximum absolute atomic E-state index is 11.8. The van der Waals surface area contributed by atoms with Crippen molar-refractivity contribution in [1.29, 1.82) is 0 Å². The van der Waals surface area contributed by atoms with Gasteiger partial charge in [0, 0.05) is 24.5 Å². The first-order valence-electron chi connectivity index (χ1n) is 7.82. The Hall–Kier alpha value is -2.79. The Morgan fingerprint density at radius 2 is 1.88 bits per heavy atom. The normalized spacial score (nSPS) is 12.7. The van der Waals surface area contributed by atoms with E-state index in [0.29, 0.717) is 18.7 Å². The molecule has 24 heavy (non-hydrogen) atoms. The van der Waals surface area contributed by atoms with Crippen molar-refractivity contribution in [3.05, 3.63) is 69.6 Å². The number of ether oxygens (including phenoxy) is 2. The van der Waals surface area contributed by atoms with Crippen molar-refractivity contribution in [3.63, 3.8) is 0 Å². The van der Waals surface area contributed by atoms with Crippen LogP contribution in [-0.2, 0) is 13.1 Å². The summed E-state index contributed by atoms with van der Waals surface area (Å²) in [5, 5.41) is 4.32. The van der Waals surface area contributed by atoms with Crippen LogP contribution < -0.4 is 20.4 Å². The third-order valence-electron chi connectivity index (χ3n) is 4.07. The van der Waals surface area contributed by atoms with Gasteiger partial charge in [-0.05, 0) is 41.8 Å². The summed E-state index contributed by atoms with van der Waals surface area (Å²) in [6, 6.07) is 13.3. The van der Waals surface area contributed by atoms with Crippen molar-refractivity contribution < 1.29 is 13.9 Å². The van der Waals surface area contributed by atoms with Crippen molar-refractivity contribution in [2.75, 3.05) is 6.79 Å². The fraction of sp³-hybridized carbons (Fsp3) is 0.211. The zero-order valence-corrected chi connectivity index (χ0v) is 13.3. The maximum atomic E-state index is 11.8. The molecule has 0 saturated carbocycles. The standard InChI is InChI=1S/C19H17NO4/c1-12-2-4-15-14(8-19(21)24-17(15)6-12)10-20-9-13-3-5-16-18(7-13)23-11-22-16/h2-8,20H,9-11H2,1H3. The smallest absolute Gasteiger partial charge is 0.336 e. The van der Waals surface area contributed by atoms with Crippen LogP contribution in [0.5, 0.6) is 11.5 Å². The van der Waals surface area contributed by atoms with Crippen molar-refractivity contribution in [3.8, 4) is 11.5 Å². The SMILES string of the molecule is Cc1ccc2c(CNCc3ccc4c(c3)OCO4)cc(=O)oc2c1. The molecule has 0 aliphatic carbocycles. The minimum absolute atomic E-state index is 0.275. The molecule has 0 spiro atoms. The zero-order chi connectivity index (χ0) is 16.5. The number of hydrogen-bond donors (Lipinski definition) is 1. The predicted molar refractivity (Wildman–Crippen MR) is 90.3 cm³/mol. The molecule has 0 unspecified atom stereocenters. The second-order valence-corrected chi connectivity index (χ2v) is 5.88. The predicted octanol–water partition coefficient (Wildman–Crippen LogP) is 3.12. The van der Waals surface area contributed by atoms with E-state index in [9.17, 15) is 4.79 Å². The summed E-state index contributed by atoms with van der Waals surface area (Å²) >= 11 is 0. The van der Waals surface area contributed by atoms with Gasteiger partial charge in [0.1, 0.15) is 5.58 Å². The van der Waals surface area contributed by atoms with Crippen LogP contribution in [0.25, 0.3) is 11.0 Å². The quantitative estimate of drug-likeness (QED) is 0.748. The lowest BCUT2D eigenvalue weighted by molar-refractivity contribution is 0.174. The van der Waals surface area contributed by atoms with Crippen LogP contribution in [0.3, 0.4) is 0 Å². The lowest BCUT2D eigenvalue weighted by atomic mass is 10.1. The highest BCUT2D eigenvalue weighted by molar-refractivity contribution is 5.80. The van der Waals surface area contributed by atoms with Crippen LogP contribution in [0.4, 0.5) is 0 Å². The van der Waals surface area contributed by atoms with Crippen molar-refractivity contribution in [2.45, 2.75) is 20.0 Å². The number of fused-ring (bicyclic) bond motifs is 2. The van der Waals surface area contributed by atoms with Crippen LogP contribution in [0.1, 0.15) is 16.7 Å². The number of hydrogen-bond acceptors (Lipinski definition) is 5. The molecular formula is C19H17NO4. The zero-order valence-electron chi connectivity index (χ0n) is 13.3. The molecule has 5 nitrogen and oxygen atoms in total. The Balaban J connectivity index is 1.52. The van der Waals surface area contributed by atoms with Gasteiger partial charge in [-0.15, -0.1) is 0 Å². The first kappa shape index (κ1) is 14.8. The summed E-state index contributed by atoms with van der Waals surface area (Å²) in [6.45, 7) is 3.51. The van der Waals surface area contributed by atoms with E-state index in [1.54, 1.807) is 6.07 Å². The highest BCUT2D eigenvalue weighted by Gasteiger charge is 2.13. The Morgan fingerprint density at radius 3 is 2.79 bits per heavy atom. The molecule has 0 amide bonds. The summed E-state index contributed by atoms with van der Waals surface area (Å²) in [7, 11) is 0. The van der Waals surface area contributed by atoms with Gasteiger partial charge in [0.15, 0.2) is 11.5 Å². The molecule has 3 aromatic rings. The lowest BCUT2D eigenvalue weighted by Gasteiger charge is -2.08. The van der Waals surface area contributed by atoms with Crippen LogP contribution in [-0.4, -0.2) is 6.79 Å². The molecule has 1 aliphatic rings. The number of aryl methyl sites for hydroxylation is 1. The monoisotopic (exact) mass is 323 g/mol. The summed E-state index contributed by atoms with van der Waals surface area (Å²) in [5.41, 5.74) is 3.40. The van der Waals surface area contributed by atoms with Gasteiger partial charge >= 0.3 is 5.63 Å². The topological polar surface area (TPSA) is 60.7 Å². The summed E-state index contributed by atoms with van der Waals surface area (Å²) < 4.78 is 16.0. The molecule has 0 atom stereocenters.